The third-order valence-electron chi connectivity index (χ3n) is 1.51. The summed E-state index contributed by atoms with van der Waals surface area (Å²) < 4.78 is 29.1. The maximum Gasteiger partial charge on any atom is 0.266 e. The zero-order valence-electron chi connectivity index (χ0n) is 6.83. The lowest BCUT2D eigenvalue weighted by Crippen LogP contribution is -1.97. The van der Waals surface area contributed by atoms with Crippen LogP contribution < -0.4 is 4.74 Å². The summed E-state index contributed by atoms with van der Waals surface area (Å²) >= 11 is 0. The maximum absolute atomic E-state index is 12.2. The van der Waals surface area contributed by atoms with E-state index in [1.165, 1.54) is 13.2 Å². The van der Waals surface area contributed by atoms with E-state index in [2.05, 4.69) is 9.72 Å². The van der Waals surface area contributed by atoms with Crippen LogP contribution in [-0.4, -0.2) is 18.4 Å². The molecule has 0 aliphatic carbocycles. The third-order valence-corrected chi connectivity index (χ3v) is 1.51. The molecule has 70 valence electrons. The number of alkyl halides is 2. The molecule has 1 aromatic rings. The summed E-state index contributed by atoms with van der Waals surface area (Å²) in [6, 6.07) is 1.18. The van der Waals surface area contributed by atoms with Gasteiger partial charge in [0.15, 0.2) is 6.29 Å². The first-order valence-electron chi connectivity index (χ1n) is 3.46. The van der Waals surface area contributed by atoms with Crippen LogP contribution in [0.15, 0.2) is 12.3 Å². The zero-order chi connectivity index (χ0) is 9.84. The highest BCUT2D eigenvalue weighted by Gasteiger charge is 2.13. The van der Waals surface area contributed by atoms with E-state index in [9.17, 15) is 13.6 Å². The number of methoxy groups -OCH3 is 1. The van der Waals surface area contributed by atoms with E-state index in [-0.39, 0.29) is 17.0 Å². The molecule has 0 amide bonds. The Morgan fingerprint density at radius 2 is 2.31 bits per heavy atom. The van der Waals surface area contributed by atoms with Gasteiger partial charge in [-0.1, -0.05) is 0 Å². The number of ether oxygens (including phenoxy) is 1. The van der Waals surface area contributed by atoms with Crippen LogP contribution in [0.3, 0.4) is 0 Å². The van der Waals surface area contributed by atoms with Crippen LogP contribution in [0.4, 0.5) is 8.78 Å². The van der Waals surface area contributed by atoms with Crippen LogP contribution in [0.1, 0.15) is 22.3 Å². The van der Waals surface area contributed by atoms with Crippen molar-refractivity contribution >= 4 is 6.29 Å². The topological polar surface area (TPSA) is 39.2 Å². The van der Waals surface area contributed by atoms with Crippen molar-refractivity contribution in [2.24, 2.45) is 0 Å². The Hall–Kier alpha value is -1.52. The summed E-state index contributed by atoms with van der Waals surface area (Å²) in [7, 11) is 1.35. The van der Waals surface area contributed by atoms with Crippen molar-refractivity contribution in [3.63, 3.8) is 0 Å². The molecule has 13 heavy (non-hydrogen) atoms. The summed E-state index contributed by atoms with van der Waals surface area (Å²) in [5.41, 5.74) is -0.474. The van der Waals surface area contributed by atoms with Gasteiger partial charge in [-0.15, -0.1) is 0 Å². The Bertz CT molecular complexity index is 315. The van der Waals surface area contributed by atoms with Crippen molar-refractivity contribution < 1.29 is 18.3 Å². The zero-order valence-corrected chi connectivity index (χ0v) is 6.83. The van der Waals surface area contributed by atoms with E-state index in [0.29, 0.717) is 6.29 Å². The van der Waals surface area contributed by atoms with Gasteiger partial charge in [0.2, 0.25) is 5.88 Å². The standard InChI is InChI=1S/C8H7F2NO2/c1-13-7-2-5(4-12)6(3-11-7)8(9)10/h2-4,8H,1H3. The molecule has 0 atom stereocenters. The number of aromatic nitrogens is 1. The van der Waals surface area contributed by atoms with Gasteiger partial charge < -0.3 is 4.74 Å². The number of nitrogens with zero attached hydrogens (tertiary/aromatic N) is 1. The average Bonchev–Trinajstić information content (AvgIpc) is 2.16. The van der Waals surface area contributed by atoms with Crippen molar-refractivity contribution in [3.05, 3.63) is 23.4 Å². The van der Waals surface area contributed by atoms with Crippen LogP contribution >= 0.6 is 0 Å². The van der Waals surface area contributed by atoms with Gasteiger partial charge >= 0.3 is 0 Å². The van der Waals surface area contributed by atoms with Gasteiger partial charge in [0.25, 0.3) is 6.43 Å². The van der Waals surface area contributed by atoms with Crippen LogP contribution in [0.25, 0.3) is 0 Å². The van der Waals surface area contributed by atoms with Crippen LogP contribution in [0.5, 0.6) is 5.88 Å². The highest BCUT2D eigenvalue weighted by atomic mass is 19.3. The van der Waals surface area contributed by atoms with Crippen LogP contribution in [0, 0.1) is 0 Å². The number of carbonyl (C=O) groups is 1. The quantitative estimate of drug-likeness (QED) is 0.677. The number of hydrogen-bond acceptors (Lipinski definition) is 3. The summed E-state index contributed by atoms with van der Waals surface area (Å²) in [6.45, 7) is 0. The largest absolute Gasteiger partial charge is 0.481 e. The molecule has 1 heterocycles. The Morgan fingerprint density at radius 1 is 1.62 bits per heavy atom. The lowest BCUT2D eigenvalue weighted by molar-refractivity contribution is 0.110. The number of pyridine rings is 1. The fraction of sp³-hybridized carbons (Fsp3) is 0.250. The Balaban J connectivity index is 3.15. The second-order valence-electron chi connectivity index (χ2n) is 2.27. The normalized spacial score (nSPS) is 10.2. The highest BCUT2D eigenvalue weighted by Crippen LogP contribution is 2.23. The molecule has 0 radical (unpaired) electrons. The first kappa shape index (κ1) is 9.57. The molecule has 0 spiro atoms. The van der Waals surface area contributed by atoms with Crippen molar-refractivity contribution in [3.8, 4) is 5.88 Å². The summed E-state index contributed by atoms with van der Waals surface area (Å²) in [5.74, 6) is 0.145. The van der Waals surface area contributed by atoms with Gasteiger partial charge in [0.1, 0.15) is 0 Å². The molecule has 0 saturated heterocycles. The van der Waals surface area contributed by atoms with Gasteiger partial charge in [-0.05, 0) is 0 Å². The minimum absolute atomic E-state index is 0.0955. The molecule has 0 fully saturated rings. The lowest BCUT2D eigenvalue weighted by Gasteiger charge is -2.04. The minimum atomic E-state index is -2.70. The minimum Gasteiger partial charge on any atom is -0.481 e. The molecular weight excluding hydrogens is 180 g/mol. The molecular formula is C8H7F2NO2. The van der Waals surface area contributed by atoms with Crippen LogP contribution in [0.2, 0.25) is 0 Å². The van der Waals surface area contributed by atoms with Gasteiger partial charge in [-0.2, -0.15) is 0 Å². The molecule has 0 unspecified atom stereocenters. The fourth-order valence-electron chi connectivity index (χ4n) is 0.857. The monoisotopic (exact) mass is 187 g/mol. The second kappa shape index (κ2) is 3.93. The first-order valence-corrected chi connectivity index (χ1v) is 3.46. The summed E-state index contributed by atoms with van der Waals surface area (Å²) in [5, 5.41) is 0. The fourth-order valence-corrected chi connectivity index (χ4v) is 0.857. The predicted octanol–water partition coefficient (Wildman–Crippen LogP) is 1.84. The molecule has 0 N–H and O–H groups in total. The Labute approximate surface area is 73.4 Å². The van der Waals surface area contributed by atoms with E-state index in [1.54, 1.807) is 0 Å². The third kappa shape index (κ3) is 1.99. The Kier molecular flexibility index (Phi) is 2.89. The first-order chi connectivity index (χ1) is 6.19. The Morgan fingerprint density at radius 3 is 2.77 bits per heavy atom. The van der Waals surface area contributed by atoms with Crippen molar-refractivity contribution in [1.82, 2.24) is 4.98 Å². The van der Waals surface area contributed by atoms with Gasteiger partial charge in [-0.25, -0.2) is 13.8 Å². The van der Waals surface area contributed by atoms with Crippen molar-refractivity contribution in [1.29, 1.82) is 0 Å². The van der Waals surface area contributed by atoms with Crippen molar-refractivity contribution in [2.45, 2.75) is 6.43 Å². The molecule has 0 aromatic carbocycles. The van der Waals surface area contributed by atoms with Crippen LogP contribution in [-0.2, 0) is 0 Å². The molecule has 0 aliphatic rings. The van der Waals surface area contributed by atoms with Gasteiger partial charge in [0, 0.05) is 23.4 Å². The molecule has 1 aromatic heterocycles. The van der Waals surface area contributed by atoms with Gasteiger partial charge in [-0.3, -0.25) is 4.79 Å². The molecule has 3 nitrogen and oxygen atoms in total. The smallest absolute Gasteiger partial charge is 0.266 e. The van der Waals surface area contributed by atoms with E-state index < -0.39 is 6.43 Å². The van der Waals surface area contributed by atoms with E-state index >= 15 is 0 Å². The average molecular weight is 187 g/mol. The summed E-state index contributed by atoms with van der Waals surface area (Å²) in [4.78, 5) is 13.9. The molecule has 0 saturated carbocycles. The SMILES string of the molecule is COc1cc(C=O)c(C(F)F)cn1. The molecule has 0 aliphatic heterocycles. The number of aldehydes is 1. The summed E-state index contributed by atoms with van der Waals surface area (Å²) in [6.07, 6.45) is -1.41. The van der Waals surface area contributed by atoms with Gasteiger partial charge in [0.05, 0.1) is 7.11 Å². The van der Waals surface area contributed by atoms with Crippen molar-refractivity contribution in [2.75, 3.05) is 7.11 Å². The number of halogens is 2. The van der Waals surface area contributed by atoms with E-state index in [1.807, 2.05) is 0 Å². The lowest BCUT2D eigenvalue weighted by atomic mass is 10.1. The molecule has 1 rings (SSSR count). The predicted molar refractivity (Wildman–Crippen MR) is 41.1 cm³/mol. The second-order valence-corrected chi connectivity index (χ2v) is 2.27. The number of hydrogen-bond donors (Lipinski definition) is 0. The number of carbonyl (C=O) groups excluding carboxylic acids is 1. The maximum atomic E-state index is 12.2. The highest BCUT2D eigenvalue weighted by molar-refractivity contribution is 5.77. The van der Waals surface area contributed by atoms with E-state index in [4.69, 9.17) is 0 Å². The molecule has 0 bridgehead atoms. The van der Waals surface area contributed by atoms with E-state index in [0.717, 1.165) is 6.20 Å². The number of rotatable bonds is 3. The molecule has 5 heteroatoms.